The number of hydrogen-bond acceptors (Lipinski definition) is 5. The number of carbonyl (C=O) groups excluding carboxylic acids is 2. The van der Waals surface area contributed by atoms with E-state index in [0.717, 1.165) is 9.86 Å². The fraction of sp³-hybridized carbons (Fsp3) is 0.100. The minimum Gasteiger partial charge on any atom is -0.451 e. The molecule has 9 nitrogen and oxygen atoms in total. The summed E-state index contributed by atoms with van der Waals surface area (Å²) in [5.41, 5.74) is 0.355. The van der Waals surface area contributed by atoms with Gasteiger partial charge in [0.05, 0.1) is 23.0 Å². The molecule has 0 spiro atoms. The standard InChI is InChI=1S/C20H15BrN4O5/c1-9-12-7-10(21)5-6-14(12)30-17(9)20(29)22-8-15(26)23-13-4-2-3-11-16(13)19(28)25-24-18(11)27/h2-7H,8H2,1H3,(H,22,29)(H,23,26)(H,24,27)(H,25,28). The van der Waals surface area contributed by atoms with E-state index in [4.69, 9.17) is 4.42 Å². The number of furan rings is 1. The number of nitrogens with one attached hydrogen (secondary N) is 4. The number of aryl methyl sites for hydroxylation is 1. The first kappa shape index (κ1) is 19.6. The van der Waals surface area contributed by atoms with Crippen LogP contribution in [0.1, 0.15) is 16.1 Å². The normalized spacial score (nSPS) is 11.0. The van der Waals surface area contributed by atoms with Crippen LogP contribution in [0.5, 0.6) is 0 Å². The Balaban J connectivity index is 1.51. The van der Waals surface area contributed by atoms with Crippen molar-refractivity contribution in [3.05, 3.63) is 72.9 Å². The van der Waals surface area contributed by atoms with Gasteiger partial charge in [-0.3, -0.25) is 29.4 Å². The first-order chi connectivity index (χ1) is 14.3. The van der Waals surface area contributed by atoms with Crippen molar-refractivity contribution in [3.63, 3.8) is 0 Å². The van der Waals surface area contributed by atoms with Gasteiger partial charge < -0.3 is 15.1 Å². The van der Waals surface area contributed by atoms with Crippen molar-refractivity contribution in [3.8, 4) is 0 Å². The smallest absolute Gasteiger partial charge is 0.287 e. The number of halogens is 1. The summed E-state index contributed by atoms with van der Waals surface area (Å²) in [6, 6.07) is 9.91. The van der Waals surface area contributed by atoms with Gasteiger partial charge in [0.2, 0.25) is 5.91 Å². The second kappa shape index (κ2) is 7.64. The predicted molar refractivity (Wildman–Crippen MR) is 115 cm³/mol. The predicted octanol–water partition coefficient (Wildman–Crippen LogP) is 2.40. The number of aromatic nitrogens is 2. The monoisotopic (exact) mass is 470 g/mol. The third-order valence-corrected chi connectivity index (χ3v) is 5.11. The summed E-state index contributed by atoms with van der Waals surface area (Å²) < 4.78 is 6.46. The Labute approximate surface area is 176 Å². The number of H-pyrrole nitrogens is 2. The van der Waals surface area contributed by atoms with Gasteiger partial charge in [0, 0.05) is 15.4 Å². The van der Waals surface area contributed by atoms with Gasteiger partial charge in [-0.2, -0.15) is 0 Å². The third kappa shape index (κ3) is 3.52. The quantitative estimate of drug-likeness (QED) is 0.362. The lowest BCUT2D eigenvalue weighted by molar-refractivity contribution is -0.115. The molecule has 0 fully saturated rings. The van der Waals surface area contributed by atoms with Gasteiger partial charge in [0.1, 0.15) is 5.58 Å². The van der Waals surface area contributed by atoms with Crippen molar-refractivity contribution >= 4 is 55.2 Å². The summed E-state index contributed by atoms with van der Waals surface area (Å²) in [4.78, 5) is 48.7. The lowest BCUT2D eigenvalue weighted by Crippen LogP contribution is -2.33. The number of fused-ring (bicyclic) bond motifs is 2. The zero-order valence-electron chi connectivity index (χ0n) is 15.6. The highest BCUT2D eigenvalue weighted by molar-refractivity contribution is 9.10. The highest BCUT2D eigenvalue weighted by Crippen LogP contribution is 2.28. The molecular weight excluding hydrogens is 456 g/mol. The van der Waals surface area contributed by atoms with Crippen LogP contribution in [0.2, 0.25) is 0 Å². The van der Waals surface area contributed by atoms with Crippen LogP contribution in [0.15, 0.2) is 54.9 Å². The maximum Gasteiger partial charge on any atom is 0.287 e. The Kier molecular flexibility index (Phi) is 5.00. The number of rotatable bonds is 4. The fourth-order valence-electron chi connectivity index (χ4n) is 3.18. The molecular formula is C20H15BrN4O5. The van der Waals surface area contributed by atoms with E-state index >= 15 is 0 Å². The van der Waals surface area contributed by atoms with Crippen LogP contribution in [0.4, 0.5) is 5.69 Å². The molecule has 2 heterocycles. The minimum atomic E-state index is -0.563. The summed E-state index contributed by atoms with van der Waals surface area (Å²) in [6.07, 6.45) is 0. The molecule has 0 radical (unpaired) electrons. The molecule has 4 aromatic rings. The van der Waals surface area contributed by atoms with E-state index in [1.807, 2.05) is 6.07 Å². The van der Waals surface area contributed by atoms with Gasteiger partial charge in [-0.05, 0) is 37.3 Å². The number of carbonyl (C=O) groups is 2. The van der Waals surface area contributed by atoms with Crippen molar-refractivity contribution in [2.75, 3.05) is 11.9 Å². The summed E-state index contributed by atoms with van der Waals surface area (Å²) >= 11 is 3.38. The SMILES string of the molecule is Cc1c(C(=O)NCC(=O)Nc2cccc3c(=O)[nH][nH]c(=O)c23)oc2ccc(Br)cc12. The van der Waals surface area contributed by atoms with Crippen molar-refractivity contribution in [2.24, 2.45) is 0 Å². The Morgan fingerprint density at radius 3 is 2.63 bits per heavy atom. The molecule has 0 bridgehead atoms. The molecule has 0 unspecified atom stereocenters. The summed E-state index contributed by atoms with van der Waals surface area (Å²) in [5.74, 6) is -0.988. The fourth-order valence-corrected chi connectivity index (χ4v) is 3.54. The van der Waals surface area contributed by atoms with Crippen LogP contribution in [0.3, 0.4) is 0 Å². The zero-order chi connectivity index (χ0) is 21.4. The molecule has 0 saturated heterocycles. The molecule has 152 valence electrons. The number of hydrogen-bond donors (Lipinski definition) is 4. The number of anilines is 1. The first-order valence-electron chi connectivity index (χ1n) is 8.85. The molecule has 0 atom stereocenters. The van der Waals surface area contributed by atoms with Gasteiger partial charge in [-0.25, -0.2) is 0 Å². The van der Waals surface area contributed by atoms with Gasteiger partial charge >= 0.3 is 0 Å². The highest BCUT2D eigenvalue weighted by atomic mass is 79.9. The van der Waals surface area contributed by atoms with E-state index in [-0.39, 0.29) is 28.8 Å². The van der Waals surface area contributed by atoms with E-state index in [9.17, 15) is 19.2 Å². The second-order valence-corrected chi connectivity index (χ2v) is 7.48. The van der Waals surface area contributed by atoms with Crippen molar-refractivity contribution in [2.45, 2.75) is 6.92 Å². The molecule has 30 heavy (non-hydrogen) atoms. The summed E-state index contributed by atoms with van der Waals surface area (Å²) in [6.45, 7) is 1.41. The van der Waals surface area contributed by atoms with Crippen molar-refractivity contribution in [1.82, 2.24) is 15.5 Å². The van der Waals surface area contributed by atoms with Crippen LogP contribution in [-0.2, 0) is 4.79 Å². The largest absolute Gasteiger partial charge is 0.451 e. The maximum absolute atomic E-state index is 12.5. The Morgan fingerprint density at radius 2 is 1.83 bits per heavy atom. The average molecular weight is 471 g/mol. The van der Waals surface area contributed by atoms with Crippen LogP contribution in [0, 0.1) is 6.92 Å². The Bertz CT molecular complexity index is 1430. The molecule has 0 saturated carbocycles. The minimum absolute atomic E-state index is 0.0552. The van der Waals surface area contributed by atoms with Crippen LogP contribution < -0.4 is 21.8 Å². The highest BCUT2D eigenvalue weighted by Gasteiger charge is 2.19. The topological polar surface area (TPSA) is 137 Å². The van der Waals surface area contributed by atoms with E-state index in [1.54, 1.807) is 25.1 Å². The Morgan fingerprint density at radius 1 is 1.07 bits per heavy atom. The van der Waals surface area contributed by atoms with E-state index in [1.165, 1.54) is 12.1 Å². The molecule has 2 aromatic carbocycles. The second-order valence-electron chi connectivity index (χ2n) is 6.56. The van der Waals surface area contributed by atoms with Crippen molar-refractivity contribution < 1.29 is 14.0 Å². The van der Waals surface area contributed by atoms with Crippen LogP contribution in [0.25, 0.3) is 21.7 Å². The molecule has 0 aliphatic carbocycles. The van der Waals surface area contributed by atoms with E-state index < -0.39 is 22.9 Å². The third-order valence-electron chi connectivity index (χ3n) is 4.61. The Hall–Kier alpha value is -3.66. The molecule has 2 amide bonds. The summed E-state index contributed by atoms with van der Waals surface area (Å²) in [5, 5.41) is 10.5. The molecule has 2 aromatic heterocycles. The van der Waals surface area contributed by atoms with E-state index in [2.05, 4.69) is 36.8 Å². The van der Waals surface area contributed by atoms with E-state index in [0.29, 0.717) is 11.1 Å². The van der Waals surface area contributed by atoms with Crippen LogP contribution >= 0.6 is 15.9 Å². The van der Waals surface area contributed by atoms with Gasteiger partial charge in [0.15, 0.2) is 5.76 Å². The first-order valence-corrected chi connectivity index (χ1v) is 9.65. The maximum atomic E-state index is 12.5. The molecule has 0 aliphatic rings. The lowest BCUT2D eigenvalue weighted by Gasteiger charge is -2.08. The zero-order valence-corrected chi connectivity index (χ0v) is 17.2. The molecule has 10 heteroatoms. The summed E-state index contributed by atoms with van der Waals surface area (Å²) in [7, 11) is 0. The molecule has 4 rings (SSSR count). The number of amides is 2. The molecule has 4 N–H and O–H groups in total. The van der Waals surface area contributed by atoms with Crippen molar-refractivity contribution in [1.29, 1.82) is 0 Å². The van der Waals surface area contributed by atoms with Gasteiger partial charge in [-0.15, -0.1) is 0 Å². The molecule has 0 aliphatic heterocycles. The van der Waals surface area contributed by atoms with Crippen LogP contribution in [-0.4, -0.2) is 28.6 Å². The number of benzene rings is 2. The van der Waals surface area contributed by atoms with Gasteiger partial charge in [0.25, 0.3) is 17.0 Å². The van der Waals surface area contributed by atoms with Gasteiger partial charge in [-0.1, -0.05) is 22.0 Å². The number of aromatic amines is 2. The average Bonchev–Trinajstić information content (AvgIpc) is 3.05. The lowest BCUT2D eigenvalue weighted by atomic mass is 10.1.